The van der Waals surface area contributed by atoms with E-state index in [1.165, 1.54) is 30.4 Å². The minimum Gasteiger partial charge on any atom is -0.355 e. The number of thiazole rings is 1. The van der Waals surface area contributed by atoms with E-state index in [2.05, 4.69) is 49.8 Å². The molecule has 3 aromatic carbocycles. The van der Waals surface area contributed by atoms with Crippen molar-refractivity contribution in [3.63, 3.8) is 0 Å². The number of anilines is 2. The summed E-state index contributed by atoms with van der Waals surface area (Å²) in [6, 6.07) is 19.9. The number of aromatic nitrogens is 2. The second kappa shape index (κ2) is 10.3. The molecule has 0 unspecified atom stereocenters. The fourth-order valence-corrected chi connectivity index (χ4v) is 6.97. The van der Waals surface area contributed by atoms with Gasteiger partial charge in [-0.2, -0.15) is 0 Å². The molecule has 0 saturated carbocycles. The second-order valence-corrected chi connectivity index (χ2v) is 12.0. The molecular weight excluding hydrogens is 505 g/mol. The van der Waals surface area contributed by atoms with Gasteiger partial charge >= 0.3 is 0 Å². The van der Waals surface area contributed by atoms with Gasteiger partial charge in [-0.25, -0.2) is 9.37 Å². The Morgan fingerprint density at radius 1 is 0.897 bits per heavy atom. The van der Waals surface area contributed by atoms with Gasteiger partial charge in [-0.05, 0) is 105 Å². The average molecular weight is 538 g/mol. The summed E-state index contributed by atoms with van der Waals surface area (Å²) in [4.78, 5) is 11.5. The van der Waals surface area contributed by atoms with Crippen LogP contribution in [-0.4, -0.2) is 41.0 Å². The number of pyridine rings is 1. The van der Waals surface area contributed by atoms with Gasteiger partial charge in [0.25, 0.3) is 0 Å². The molecule has 4 heterocycles. The predicted octanol–water partition coefficient (Wildman–Crippen LogP) is 7.36. The molecule has 5 nitrogen and oxygen atoms in total. The number of halogens is 1. The number of hydrogen-bond donors (Lipinski definition) is 2. The molecule has 2 aromatic heterocycles. The number of likely N-dealkylation sites (tertiary alicyclic amines) is 1. The van der Waals surface area contributed by atoms with Crippen molar-refractivity contribution in [2.75, 3.05) is 31.5 Å². The first-order valence-electron chi connectivity index (χ1n) is 13.9. The van der Waals surface area contributed by atoms with Gasteiger partial charge < -0.3 is 10.6 Å². The third-order valence-corrected chi connectivity index (χ3v) is 9.49. The minimum absolute atomic E-state index is 0.176. The molecule has 1 spiro atoms. The molecule has 2 saturated heterocycles. The van der Waals surface area contributed by atoms with Gasteiger partial charge in [0.05, 0.1) is 21.2 Å². The number of nitrogens with one attached hydrogen (secondary N) is 2. The standard InChI is InChI=1S/C32H32FN5S/c33-27-17-22(20-38-15-10-32(11-16-38)8-13-34-14-9-32)1-4-25(27)23-2-5-26-28(7-12-35-29(26)18-23)37-24-3-6-31-30(19-24)36-21-39-31/h1-7,12,17-19,21,34H,8-11,13-16,20H2,(H,35,37). The maximum atomic E-state index is 15.4. The highest BCUT2D eigenvalue weighted by molar-refractivity contribution is 7.16. The maximum Gasteiger partial charge on any atom is 0.131 e. The average Bonchev–Trinajstić information content (AvgIpc) is 3.43. The van der Waals surface area contributed by atoms with Crippen molar-refractivity contribution < 1.29 is 4.39 Å². The van der Waals surface area contributed by atoms with Crippen molar-refractivity contribution in [2.24, 2.45) is 5.41 Å². The predicted molar refractivity (Wildman–Crippen MR) is 159 cm³/mol. The van der Waals surface area contributed by atoms with E-state index >= 15 is 4.39 Å². The van der Waals surface area contributed by atoms with E-state index in [9.17, 15) is 0 Å². The third-order valence-electron chi connectivity index (χ3n) is 8.68. The van der Waals surface area contributed by atoms with Gasteiger partial charge in [0.1, 0.15) is 5.82 Å². The molecule has 5 aromatic rings. The number of rotatable bonds is 5. The van der Waals surface area contributed by atoms with Crippen LogP contribution in [0.3, 0.4) is 0 Å². The monoisotopic (exact) mass is 537 g/mol. The van der Waals surface area contributed by atoms with Crippen molar-refractivity contribution in [2.45, 2.75) is 32.2 Å². The van der Waals surface area contributed by atoms with Gasteiger partial charge in [0.15, 0.2) is 0 Å². The Labute approximate surface area is 232 Å². The molecule has 7 rings (SSSR count). The van der Waals surface area contributed by atoms with Crippen molar-refractivity contribution in [1.29, 1.82) is 0 Å². The summed E-state index contributed by atoms with van der Waals surface area (Å²) in [5.41, 5.74) is 8.64. The molecule has 2 aliphatic rings. The van der Waals surface area contributed by atoms with Crippen molar-refractivity contribution >= 4 is 43.8 Å². The Kier molecular flexibility index (Phi) is 6.51. The first-order chi connectivity index (χ1) is 19.1. The number of nitrogens with zero attached hydrogens (tertiary/aromatic N) is 3. The van der Waals surface area contributed by atoms with Crippen LogP contribution in [0.15, 0.2) is 72.4 Å². The summed E-state index contributed by atoms with van der Waals surface area (Å²) in [5.74, 6) is -0.176. The van der Waals surface area contributed by atoms with Gasteiger partial charge in [-0.1, -0.05) is 24.3 Å². The van der Waals surface area contributed by atoms with Gasteiger partial charge in [0, 0.05) is 35.1 Å². The van der Waals surface area contributed by atoms with Crippen LogP contribution in [0.1, 0.15) is 31.2 Å². The number of benzene rings is 3. The molecule has 2 N–H and O–H groups in total. The van der Waals surface area contributed by atoms with Crippen LogP contribution < -0.4 is 10.6 Å². The van der Waals surface area contributed by atoms with Crippen LogP contribution in [0.2, 0.25) is 0 Å². The Bertz CT molecular complexity index is 1630. The third kappa shape index (κ3) is 5.02. The topological polar surface area (TPSA) is 53.1 Å². The summed E-state index contributed by atoms with van der Waals surface area (Å²) in [6.07, 6.45) is 6.91. The molecule has 0 bridgehead atoms. The van der Waals surface area contributed by atoms with Crippen LogP contribution >= 0.6 is 11.3 Å². The normalized spacial score (nSPS) is 17.7. The Morgan fingerprint density at radius 2 is 1.77 bits per heavy atom. The summed E-state index contributed by atoms with van der Waals surface area (Å²) in [7, 11) is 0. The second-order valence-electron chi connectivity index (χ2n) is 11.1. The quantitative estimate of drug-likeness (QED) is 0.245. The van der Waals surface area contributed by atoms with Gasteiger partial charge in [-0.3, -0.25) is 9.88 Å². The lowest BCUT2D eigenvalue weighted by Gasteiger charge is -2.44. The summed E-state index contributed by atoms with van der Waals surface area (Å²) in [6.45, 7) is 5.32. The highest BCUT2D eigenvalue weighted by Gasteiger charge is 2.35. The molecule has 0 radical (unpaired) electrons. The molecular formula is C32H32FN5S. The summed E-state index contributed by atoms with van der Waals surface area (Å²) in [5, 5.41) is 8.00. The van der Waals surface area contributed by atoms with E-state index in [-0.39, 0.29) is 5.82 Å². The molecule has 7 heteroatoms. The van der Waals surface area contributed by atoms with Crippen molar-refractivity contribution in [3.8, 4) is 11.1 Å². The first kappa shape index (κ1) is 24.6. The zero-order chi connectivity index (χ0) is 26.2. The van der Waals surface area contributed by atoms with Gasteiger partial charge in [-0.15, -0.1) is 11.3 Å². The van der Waals surface area contributed by atoms with Crippen LogP contribution in [0.4, 0.5) is 15.8 Å². The smallest absolute Gasteiger partial charge is 0.131 e. The van der Waals surface area contributed by atoms with E-state index < -0.39 is 0 Å². The molecule has 198 valence electrons. The Hall–Kier alpha value is -3.39. The van der Waals surface area contributed by atoms with Crippen molar-refractivity contribution in [3.05, 3.63) is 83.8 Å². The lowest BCUT2D eigenvalue weighted by molar-refractivity contribution is 0.0701. The van der Waals surface area contributed by atoms with E-state index in [0.29, 0.717) is 11.0 Å². The Balaban J connectivity index is 1.07. The number of hydrogen-bond acceptors (Lipinski definition) is 6. The van der Waals surface area contributed by atoms with E-state index in [1.54, 1.807) is 23.6 Å². The fourth-order valence-electron chi connectivity index (χ4n) is 6.31. The molecule has 0 amide bonds. The highest BCUT2D eigenvalue weighted by Crippen LogP contribution is 2.40. The maximum absolute atomic E-state index is 15.4. The zero-order valence-corrected chi connectivity index (χ0v) is 22.7. The van der Waals surface area contributed by atoms with E-state index in [4.69, 9.17) is 0 Å². The molecule has 0 atom stereocenters. The zero-order valence-electron chi connectivity index (χ0n) is 21.9. The molecule has 2 fully saturated rings. The molecule has 2 aliphatic heterocycles. The fraction of sp³-hybridized carbons (Fsp3) is 0.312. The first-order valence-corrected chi connectivity index (χ1v) is 14.7. The van der Waals surface area contributed by atoms with E-state index in [1.807, 2.05) is 35.8 Å². The lowest BCUT2D eigenvalue weighted by atomic mass is 9.71. The minimum atomic E-state index is -0.176. The largest absolute Gasteiger partial charge is 0.355 e. The molecule has 0 aliphatic carbocycles. The van der Waals surface area contributed by atoms with Crippen LogP contribution in [0.5, 0.6) is 0 Å². The van der Waals surface area contributed by atoms with Gasteiger partial charge in [0.2, 0.25) is 0 Å². The Morgan fingerprint density at radius 3 is 2.62 bits per heavy atom. The highest BCUT2D eigenvalue weighted by atomic mass is 32.1. The van der Waals surface area contributed by atoms with Crippen LogP contribution in [-0.2, 0) is 6.54 Å². The molecule has 39 heavy (non-hydrogen) atoms. The van der Waals surface area contributed by atoms with Crippen molar-refractivity contribution in [1.82, 2.24) is 20.2 Å². The SMILES string of the molecule is Fc1cc(CN2CCC3(CCNCC3)CC2)ccc1-c1ccc2c(Nc3ccc4scnc4c3)ccnc2c1. The number of piperidine rings is 2. The summed E-state index contributed by atoms with van der Waals surface area (Å²) < 4.78 is 16.5. The summed E-state index contributed by atoms with van der Waals surface area (Å²) >= 11 is 1.64. The van der Waals surface area contributed by atoms with Crippen LogP contribution in [0, 0.1) is 11.2 Å². The van der Waals surface area contributed by atoms with Crippen LogP contribution in [0.25, 0.3) is 32.2 Å². The lowest BCUT2D eigenvalue weighted by Crippen LogP contribution is -2.45. The van der Waals surface area contributed by atoms with E-state index in [0.717, 1.165) is 71.6 Å². The number of fused-ring (bicyclic) bond motifs is 2.